The highest BCUT2D eigenvalue weighted by molar-refractivity contribution is 9.10. The zero-order chi connectivity index (χ0) is 13.1. The van der Waals surface area contributed by atoms with E-state index < -0.39 is 0 Å². The van der Waals surface area contributed by atoms with E-state index in [1.54, 1.807) is 17.8 Å². The molecule has 2 aromatic rings. The van der Waals surface area contributed by atoms with Crippen molar-refractivity contribution in [3.05, 3.63) is 46.2 Å². The minimum atomic E-state index is -0.300. The second kappa shape index (κ2) is 5.55. The van der Waals surface area contributed by atoms with Crippen LogP contribution in [0.1, 0.15) is 17.4 Å². The van der Waals surface area contributed by atoms with Gasteiger partial charge in [-0.15, -0.1) is 0 Å². The fraction of sp³-hybridized carbons (Fsp3) is 0.273. The van der Waals surface area contributed by atoms with Gasteiger partial charge in [-0.3, -0.25) is 16.0 Å². The van der Waals surface area contributed by atoms with E-state index in [4.69, 9.17) is 5.84 Å². The monoisotopic (exact) mass is 313 g/mol. The van der Waals surface area contributed by atoms with Gasteiger partial charge in [0.2, 0.25) is 0 Å². The van der Waals surface area contributed by atoms with E-state index in [-0.39, 0.29) is 11.9 Å². The van der Waals surface area contributed by atoms with E-state index in [9.17, 15) is 4.39 Å². The molecule has 1 aromatic heterocycles. The van der Waals surface area contributed by atoms with Crippen LogP contribution in [0.15, 0.2) is 29.0 Å². The quantitative estimate of drug-likeness (QED) is 0.662. The smallest absolute Gasteiger partial charge is 0.138 e. The lowest BCUT2D eigenvalue weighted by atomic mass is 10.0. The molecule has 7 heteroatoms. The van der Waals surface area contributed by atoms with Gasteiger partial charge in [0.25, 0.3) is 0 Å². The van der Waals surface area contributed by atoms with Crippen molar-refractivity contribution in [1.29, 1.82) is 0 Å². The predicted octanol–water partition coefficient (Wildman–Crippen LogP) is 1.46. The minimum Gasteiger partial charge on any atom is -0.271 e. The molecule has 0 bridgehead atoms. The van der Waals surface area contributed by atoms with E-state index in [2.05, 4.69) is 31.4 Å². The van der Waals surface area contributed by atoms with Crippen molar-refractivity contribution in [2.24, 2.45) is 12.9 Å². The normalized spacial score (nSPS) is 12.7. The summed E-state index contributed by atoms with van der Waals surface area (Å²) >= 11 is 3.39. The summed E-state index contributed by atoms with van der Waals surface area (Å²) in [5.74, 6) is 6.01. The Hall–Kier alpha value is -1.31. The van der Waals surface area contributed by atoms with Crippen molar-refractivity contribution in [3.63, 3.8) is 0 Å². The first kappa shape index (κ1) is 13.1. The fourth-order valence-corrected chi connectivity index (χ4v) is 2.25. The van der Waals surface area contributed by atoms with Crippen LogP contribution in [0.2, 0.25) is 0 Å². The molecule has 18 heavy (non-hydrogen) atoms. The van der Waals surface area contributed by atoms with Crippen LogP contribution < -0.4 is 11.3 Å². The molecule has 0 radical (unpaired) electrons. The Labute approximate surface area is 112 Å². The first-order chi connectivity index (χ1) is 8.61. The average Bonchev–Trinajstić information content (AvgIpc) is 2.75. The zero-order valence-corrected chi connectivity index (χ0v) is 11.4. The molecule has 0 aliphatic carbocycles. The third kappa shape index (κ3) is 2.74. The fourth-order valence-electron chi connectivity index (χ4n) is 1.73. The highest BCUT2D eigenvalue weighted by atomic mass is 79.9. The van der Waals surface area contributed by atoms with E-state index in [0.29, 0.717) is 6.42 Å². The Morgan fingerprint density at radius 1 is 1.56 bits per heavy atom. The van der Waals surface area contributed by atoms with Gasteiger partial charge < -0.3 is 0 Å². The molecule has 1 aromatic carbocycles. The highest BCUT2D eigenvalue weighted by Gasteiger charge is 2.17. The maximum Gasteiger partial charge on any atom is 0.138 e. The van der Waals surface area contributed by atoms with E-state index >= 15 is 0 Å². The lowest BCUT2D eigenvalue weighted by Crippen LogP contribution is -2.30. The van der Waals surface area contributed by atoms with Crippen LogP contribution in [-0.2, 0) is 13.5 Å². The summed E-state index contributed by atoms with van der Waals surface area (Å²) in [6.07, 6.45) is 2.00. The maximum absolute atomic E-state index is 13.3. The lowest BCUT2D eigenvalue weighted by Gasteiger charge is -2.17. The Bertz CT molecular complexity index is 542. The van der Waals surface area contributed by atoms with Gasteiger partial charge in [-0.2, -0.15) is 5.10 Å². The summed E-state index contributed by atoms with van der Waals surface area (Å²) in [7, 11) is 1.80. The maximum atomic E-state index is 13.3. The Balaban J connectivity index is 2.28. The van der Waals surface area contributed by atoms with Gasteiger partial charge in [0.15, 0.2) is 0 Å². The number of aromatic nitrogens is 3. The van der Waals surface area contributed by atoms with Gasteiger partial charge in [0.05, 0.1) is 6.04 Å². The van der Waals surface area contributed by atoms with Crippen molar-refractivity contribution >= 4 is 15.9 Å². The summed E-state index contributed by atoms with van der Waals surface area (Å²) in [6, 6.07) is 4.26. The number of hydrogen-bond acceptors (Lipinski definition) is 4. The largest absolute Gasteiger partial charge is 0.271 e. The Kier molecular flexibility index (Phi) is 4.05. The summed E-state index contributed by atoms with van der Waals surface area (Å²) in [5.41, 5.74) is 3.42. The van der Waals surface area contributed by atoms with Crippen LogP contribution in [0.5, 0.6) is 0 Å². The molecule has 5 nitrogen and oxygen atoms in total. The Morgan fingerprint density at radius 2 is 2.33 bits per heavy atom. The summed E-state index contributed by atoms with van der Waals surface area (Å²) in [4.78, 5) is 4.13. The number of benzene rings is 1. The van der Waals surface area contributed by atoms with Crippen LogP contribution in [0.3, 0.4) is 0 Å². The van der Waals surface area contributed by atoms with Crippen LogP contribution >= 0.6 is 15.9 Å². The van der Waals surface area contributed by atoms with Crippen LogP contribution in [-0.4, -0.2) is 14.8 Å². The molecule has 0 aliphatic heterocycles. The van der Waals surface area contributed by atoms with Gasteiger partial charge in [-0.05, 0) is 23.8 Å². The van der Waals surface area contributed by atoms with Crippen molar-refractivity contribution in [2.45, 2.75) is 12.5 Å². The van der Waals surface area contributed by atoms with Crippen LogP contribution in [0.4, 0.5) is 4.39 Å². The molecule has 1 atom stereocenters. The summed E-state index contributed by atoms with van der Waals surface area (Å²) in [5, 5.41) is 3.99. The molecule has 2 rings (SSSR count). The summed E-state index contributed by atoms with van der Waals surface area (Å²) < 4.78 is 15.7. The third-order valence-electron chi connectivity index (χ3n) is 2.73. The molecular formula is C11H13BrFN5. The molecule has 0 aliphatic rings. The zero-order valence-electron chi connectivity index (χ0n) is 9.77. The topological polar surface area (TPSA) is 68.8 Å². The number of halogens is 2. The molecule has 1 unspecified atom stereocenters. The molecule has 0 spiro atoms. The first-order valence-corrected chi connectivity index (χ1v) is 6.15. The predicted molar refractivity (Wildman–Crippen MR) is 68.9 cm³/mol. The van der Waals surface area contributed by atoms with E-state index in [1.807, 2.05) is 0 Å². The Morgan fingerprint density at radius 3 is 2.94 bits per heavy atom. The van der Waals surface area contributed by atoms with E-state index in [1.165, 1.54) is 18.5 Å². The molecule has 0 saturated carbocycles. The third-order valence-corrected chi connectivity index (χ3v) is 3.45. The SMILES string of the molecule is Cn1ncnc1CC(NN)c1cc(F)ccc1Br. The van der Waals surface area contributed by atoms with Gasteiger partial charge in [0, 0.05) is 17.9 Å². The van der Waals surface area contributed by atoms with Crippen molar-refractivity contribution in [1.82, 2.24) is 20.2 Å². The highest BCUT2D eigenvalue weighted by Crippen LogP contribution is 2.26. The molecule has 0 amide bonds. The second-order valence-electron chi connectivity index (χ2n) is 3.89. The number of nitrogens with zero attached hydrogens (tertiary/aromatic N) is 3. The number of nitrogens with two attached hydrogens (primary N) is 1. The molecular weight excluding hydrogens is 301 g/mol. The standard InChI is InChI=1S/C11H13BrFN5/c1-18-11(15-6-16-18)5-10(17-14)8-4-7(13)2-3-9(8)12/h2-4,6,10,17H,5,14H2,1H3. The number of nitrogens with one attached hydrogen (secondary N) is 1. The molecule has 96 valence electrons. The van der Waals surface area contributed by atoms with Crippen molar-refractivity contribution in [2.75, 3.05) is 0 Å². The molecule has 3 N–H and O–H groups in total. The summed E-state index contributed by atoms with van der Waals surface area (Å²) in [6.45, 7) is 0. The van der Waals surface area contributed by atoms with Crippen molar-refractivity contribution in [3.8, 4) is 0 Å². The second-order valence-corrected chi connectivity index (χ2v) is 4.74. The number of hydrazine groups is 1. The van der Waals surface area contributed by atoms with Crippen LogP contribution in [0.25, 0.3) is 0 Å². The van der Waals surface area contributed by atoms with Crippen LogP contribution in [0, 0.1) is 5.82 Å². The van der Waals surface area contributed by atoms with Gasteiger partial charge in [-0.1, -0.05) is 15.9 Å². The number of rotatable bonds is 4. The molecule has 1 heterocycles. The number of aryl methyl sites for hydroxylation is 1. The molecule has 0 saturated heterocycles. The van der Waals surface area contributed by atoms with Gasteiger partial charge in [0.1, 0.15) is 18.0 Å². The van der Waals surface area contributed by atoms with E-state index in [0.717, 1.165) is 15.9 Å². The van der Waals surface area contributed by atoms with Gasteiger partial charge >= 0.3 is 0 Å². The van der Waals surface area contributed by atoms with Gasteiger partial charge in [-0.25, -0.2) is 9.37 Å². The first-order valence-electron chi connectivity index (χ1n) is 5.35. The van der Waals surface area contributed by atoms with Crippen molar-refractivity contribution < 1.29 is 4.39 Å². The lowest BCUT2D eigenvalue weighted by molar-refractivity contribution is 0.517. The minimum absolute atomic E-state index is 0.238. The number of hydrogen-bond donors (Lipinski definition) is 2. The molecule has 0 fully saturated rings. The average molecular weight is 314 g/mol.